The minimum absolute atomic E-state index is 0.0345. The molecule has 0 radical (unpaired) electrons. The molecule has 172 valence electrons. The van der Waals surface area contributed by atoms with Crippen LogP contribution in [0.5, 0.6) is 5.75 Å². The minimum atomic E-state index is -5.75. The van der Waals surface area contributed by atoms with E-state index < -0.39 is 23.6 Å². The van der Waals surface area contributed by atoms with Gasteiger partial charge < -0.3 is 4.74 Å². The highest BCUT2D eigenvalue weighted by Gasteiger charge is 2.58. The number of aromatic nitrogens is 2. The van der Waals surface area contributed by atoms with Crippen LogP contribution in [0, 0.1) is 10.1 Å². The van der Waals surface area contributed by atoms with Gasteiger partial charge in [-0.1, -0.05) is 24.3 Å². The van der Waals surface area contributed by atoms with Crippen LogP contribution < -0.4 is 4.74 Å². The zero-order chi connectivity index (χ0) is 23.8. The maximum absolute atomic E-state index is 13.0. The fraction of sp³-hybridized carbons (Fsp3) is 0.273. The van der Waals surface area contributed by atoms with Gasteiger partial charge in [-0.3, -0.25) is 15.1 Å². The molecule has 11 heteroatoms. The quantitative estimate of drug-likeness (QED) is 0.237. The molecule has 0 aliphatic heterocycles. The summed E-state index contributed by atoms with van der Waals surface area (Å²) in [5, 5.41) is 11.6. The molecule has 0 N–H and O–H groups in total. The summed E-state index contributed by atoms with van der Waals surface area (Å²) in [5.41, 5.74) is 2.13. The highest BCUT2D eigenvalue weighted by atomic mass is 19.4. The van der Waals surface area contributed by atoms with Gasteiger partial charge in [0.25, 0.3) is 5.69 Å². The van der Waals surface area contributed by atoms with Gasteiger partial charge in [0.1, 0.15) is 5.75 Å². The first-order valence-corrected chi connectivity index (χ1v) is 9.84. The number of rotatable bonds is 7. The summed E-state index contributed by atoms with van der Waals surface area (Å²) in [6.07, 6.45) is -1.08. The van der Waals surface area contributed by atoms with E-state index >= 15 is 0 Å². The van der Waals surface area contributed by atoms with Crippen molar-refractivity contribution in [2.45, 2.75) is 30.9 Å². The lowest BCUT2D eigenvalue weighted by molar-refractivity contribution is -0.384. The molecule has 2 heterocycles. The highest BCUT2D eigenvalue weighted by Crippen LogP contribution is 2.41. The molecule has 0 amide bonds. The molecule has 33 heavy (non-hydrogen) atoms. The van der Waals surface area contributed by atoms with Gasteiger partial charge >= 0.3 is 12.1 Å². The Morgan fingerprint density at radius 1 is 0.970 bits per heavy atom. The van der Waals surface area contributed by atoms with Crippen molar-refractivity contribution in [1.29, 1.82) is 0 Å². The number of hydrogen-bond acceptors (Lipinski definition) is 5. The Labute approximate surface area is 184 Å². The first kappa shape index (κ1) is 22.6. The molecular formula is C22H16F5N3O3. The van der Waals surface area contributed by atoms with E-state index in [1.165, 1.54) is 23.9 Å². The third-order valence-corrected chi connectivity index (χ3v) is 5.17. The van der Waals surface area contributed by atoms with Crippen LogP contribution in [0.1, 0.15) is 24.3 Å². The molecule has 1 saturated carbocycles. The molecule has 3 aromatic rings. The summed E-state index contributed by atoms with van der Waals surface area (Å²) in [7, 11) is 0. The number of ether oxygens (including phenoxy) is 1. The number of benzene rings is 1. The highest BCUT2D eigenvalue weighted by molar-refractivity contribution is 5.73. The Morgan fingerprint density at radius 3 is 2.21 bits per heavy atom. The number of nitrogens with zero attached hydrogens (tertiary/aromatic N) is 3. The lowest BCUT2D eigenvalue weighted by atomic mass is 10.0. The van der Waals surface area contributed by atoms with E-state index in [2.05, 4.69) is 14.7 Å². The molecule has 0 saturated heterocycles. The summed E-state index contributed by atoms with van der Waals surface area (Å²) >= 11 is 0. The fourth-order valence-corrected chi connectivity index (χ4v) is 3.17. The molecule has 1 aliphatic carbocycles. The molecule has 1 aromatic carbocycles. The summed E-state index contributed by atoms with van der Waals surface area (Å²) < 4.78 is 67.2. The van der Waals surface area contributed by atoms with Crippen LogP contribution in [0.3, 0.4) is 0 Å². The SMILES string of the molecule is O=[N+]([O-])c1cc(-c2ccc(C3CC3)cc2)cnc1-c1ccc(OCC(F)(F)C(F)(F)F)cn1. The standard InChI is InChI=1S/C22H16F5N3O3/c23-21(24,22(25,26)27)12-33-17-7-8-18(28-11-17)20-19(30(31)32)9-16(10-29-20)15-5-3-14(4-6-15)13-1-2-13/h3-11,13H,1-2,12H2. The van der Waals surface area contributed by atoms with Crippen LogP contribution in [0.4, 0.5) is 27.6 Å². The van der Waals surface area contributed by atoms with E-state index in [0.717, 1.165) is 30.7 Å². The van der Waals surface area contributed by atoms with Crippen molar-refractivity contribution < 1.29 is 31.6 Å². The van der Waals surface area contributed by atoms with Crippen LogP contribution in [0.2, 0.25) is 0 Å². The van der Waals surface area contributed by atoms with Crippen molar-refractivity contribution in [3.05, 3.63) is 70.5 Å². The Balaban J connectivity index is 1.55. The van der Waals surface area contributed by atoms with Crippen molar-refractivity contribution in [3.63, 3.8) is 0 Å². The zero-order valence-corrected chi connectivity index (χ0v) is 16.9. The van der Waals surface area contributed by atoms with Crippen LogP contribution in [0.25, 0.3) is 22.5 Å². The third-order valence-electron chi connectivity index (χ3n) is 5.17. The van der Waals surface area contributed by atoms with Crippen molar-refractivity contribution >= 4 is 5.69 Å². The van der Waals surface area contributed by atoms with Crippen molar-refractivity contribution in [2.75, 3.05) is 6.61 Å². The summed E-state index contributed by atoms with van der Waals surface area (Å²) in [5.74, 6) is -4.80. The van der Waals surface area contributed by atoms with Crippen molar-refractivity contribution in [1.82, 2.24) is 9.97 Å². The monoisotopic (exact) mass is 465 g/mol. The summed E-state index contributed by atoms with van der Waals surface area (Å²) in [6, 6.07) is 11.3. The molecule has 1 fully saturated rings. The van der Waals surface area contributed by atoms with E-state index in [1.807, 2.05) is 24.3 Å². The molecule has 4 rings (SSSR count). The van der Waals surface area contributed by atoms with Gasteiger partial charge in [-0.25, -0.2) is 4.98 Å². The number of hydrogen-bond donors (Lipinski definition) is 0. The molecule has 2 aromatic heterocycles. The average molecular weight is 465 g/mol. The second-order valence-electron chi connectivity index (χ2n) is 7.62. The zero-order valence-electron chi connectivity index (χ0n) is 16.9. The Kier molecular flexibility index (Phi) is 5.73. The summed E-state index contributed by atoms with van der Waals surface area (Å²) in [4.78, 5) is 19.0. The smallest absolute Gasteiger partial charge is 0.456 e. The second-order valence-corrected chi connectivity index (χ2v) is 7.62. The first-order valence-electron chi connectivity index (χ1n) is 9.84. The Bertz CT molecular complexity index is 1160. The Hall–Kier alpha value is -3.63. The minimum Gasteiger partial charge on any atom is -0.485 e. The lowest BCUT2D eigenvalue weighted by Gasteiger charge is -2.19. The van der Waals surface area contributed by atoms with Crippen LogP contribution in [-0.2, 0) is 0 Å². The van der Waals surface area contributed by atoms with E-state index in [-0.39, 0.29) is 22.8 Å². The maximum atomic E-state index is 13.0. The number of alkyl halides is 5. The van der Waals surface area contributed by atoms with Gasteiger partial charge in [-0.05, 0) is 42.0 Å². The van der Waals surface area contributed by atoms with Gasteiger partial charge in [0, 0.05) is 17.8 Å². The largest absolute Gasteiger partial charge is 0.485 e. The van der Waals surface area contributed by atoms with Crippen molar-refractivity contribution in [3.8, 4) is 28.3 Å². The van der Waals surface area contributed by atoms with Gasteiger partial charge in [0.2, 0.25) is 0 Å². The number of halogens is 5. The number of nitro groups is 1. The topological polar surface area (TPSA) is 78.2 Å². The normalized spacial score (nSPS) is 14.2. The predicted octanol–water partition coefficient (Wildman–Crippen LogP) is 6.17. The van der Waals surface area contributed by atoms with Gasteiger partial charge in [0.05, 0.1) is 16.8 Å². The molecular weight excluding hydrogens is 449 g/mol. The molecule has 0 unspecified atom stereocenters. The molecule has 1 aliphatic rings. The van der Waals surface area contributed by atoms with Gasteiger partial charge in [-0.15, -0.1) is 0 Å². The first-order chi connectivity index (χ1) is 15.5. The summed E-state index contributed by atoms with van der Waals surface area (Å²) in [6.45, 7) is -1.91. The van der Waals surface area contributed by atoms with Gasteiger partial charge in [0.15, 0.2) is 12.3 Å². The maximum Gasteiger partial charge on any atom is 0.456 e. The fourth-order valence-electron chi connectivity index (χ4n) is 3.17. The average Bonchev–Trinajstić information content (AvgIpc) is 3.63. The molecule has 0 spiro atoms. The van der Waals surface area contributed by atoms with Crippen molar-refractivity contribution in [2.24, 2.45) is 0 Å². The van der Waals surface area contributed by atoms with Gasteiger partial charge in [-0.2, -0.15) is 22.0 Å². The lowest BCUT2D eigenvalue weighted by Crippen LogP contribution is -2.41. The molecule has 0 atom stereocenters. The van der Waals surface area contributed by atoms with E-state index in [4.69, 9.17) is 0 Å². The number of pyridine rings is 2. The van der Waals surface area contributed by atoms with Crippen LogP contribution >= 0.6 is 0 Å². The van der Waals surface area contributed by atoms with Crippen LogP contribution in [-0.4, -0.2) is 33.6 Å². The molecule has 0 bridgehead atoms. The Morgan fingerprint density at radius 2 is 1.67 bits per heavy atom. The molecule has 6 nitrogen and oxygen atoms in total. The van der Waals surface area contributed by atoms with Crippen LogP contribution in [0.15, 0.2) is 54.9 Å². The van der Waals surface area contributed by atoms with E-state index in [9.17, 15) is 32.1 Å². The van der Waals surface area contributed by atoms with E-state index in [0.29, 0.717) is 11.5 Å². The second kappa shape index (κ2) is 8.38. The third kappa shape index (κ3) is 4.91. The predicted molar refractivity (Wildman–Crippen MR) is 108 cm³/mol. The van der Waals surface area contributed by atoms with E-state index in [1.54, 1.807) is 0 Å².